The number of aliphatic hydroxyl groups excluding tert-OH is 1. The topological polar surface area (TPSA) is 66.6 Å². The van der Waals surface area contributed by atoms with Gasteiger partial charge in [0.2, 0.25) is 5.91 Å². The summed E-state index contributed by atoms with van der Waals surface area (Å²) in [5, 5.41) is 9.11. The quantitative estimate of drug-likeness (QED) is 0.593. The minimum Gasteiger partial charge on any atom is -0.399 e. The van der Waals surface area contributed by atoms with Gasteiger partial charge in [-0.15, -0.1) is 0 Å². The van der Waals surface area contributed by atoms with Crippen LogP contribution in [0.15, 0.2) is 30.3 Å². The number of anilines is 1. The Morgan fingerprint density at radius 3 is 2.65 bits per heavy atom. The molecule has 20 heavy (non-hydrogen) atoms. The molecule has 0 aliphatic heterocycles. The summed E-state index contributed by atoms with van der Waals surface area (Å²) in [4.78, 5) is 14.0. The Kier molecular flexibility index (Phi) is 6.81. The molecule has 110 valence electrons. The maximum atomic E-state index is 12.2. The molecule has 0 spiro atoms. The summed E-state index contributed by atoms with van der Waals surface area (Å²) < 4.78 is 0. The molecule has 0 aliphatic carbocycles. The van der Waals surface area contributed by atoms with Crippen molar-refractivity contribution in [1.82, 2.24) is 4.90 Å². The molecule has 4 heteroatoms. The van der Waals surface area contributed by atoms with Crippen LogP contribution in [0, 0.1) is 0 Å². The molecule has 4 nitrogen and oxygen atoms in total. The van der Waals surface area contributed by atoms with Crippen LogP contribution in [0.3, 0.4) is 0 Å². The SMILES string of the molecule is CCC(CC)N(CCO)C(=O)/C=C/c1cccc(N)c1. The van der Waals surface area contributed by atoms with Gasteiger partial charge in [0, 0.05) is 24.4 Å². The normalized spacial score (nSPS) is 11.2. The Bertz CT molecular complexity index is 454. The highest BCUT2D eigenvalue weighted by Crippen LogP contribution is 2.11. The molecule has 0 heterocycles. The van der Waals surface area contributed by atoms with Crippen molar-refractivity contribution in [1.29, 1.82) is 0 Å². The molecule has 0 saturated heterocycles. The molecule has 0 atom stereocenters. The third-order valence-electron chi connectivity index (χ3n) is 3.34. The summed E-state index contributed by atoms with van der Waals surface area (Å²) in [5.74, 6) is -0.0739. The van der Waals surface area contributed by atoms with Crippen LogP contribution >= 0.6 is 0 Å². The molecule has 0 fully saturated rings. The number of amides is 1. The van der Waals surface area contributed by atoms with Gasteiger partial charge >= 0.3 is 0 Å². The Morgan fingerprint density at radius 1 is 1.40 bits per heavy atom. The second-order valence-corrected chi connectivity index (χ2v) is 4.73. The van der Waals surface area contributed by atoms with E-state index in [1.165, 1.54) is 0 Å². The third-order valence-corrected chi connectivity index (χ3v) is 3.34. The fourth-order valence-electron chi connectivity index (χ4n) is 2.24. The van der Waals surface area contributed by atoms with Crippen LogP contribution in [0.2, 0.25) is 0 Å². The first-order valence-electron chi connectivity index (χ1n) is 7.07. The number of carbonyl (C=O) groups excluding carboxylic acids is 1. The van der Waals surface area contributed by atoms with Gasteiger partial charge < -0.3 is 15.7 Å². The van der Waals surface area contributed by atoms with Crippen LogP contribution in [0.1, 0.15) is 32.3 Å². The van der Waals surface area contributed by atoms with Crippen LogP contribution in [0.4, 0.5) is 5.69 Å². The standard InChI is InChI=1S/C16H24N2O2/c1-3-15(4-2)18(10-11-19)16(20)9-8-13-6-5-7-14(17)12-13/h5-9,12,15,19H,3-4,10-11,17H2,1-2H3/b9-8+. The first-order chi connectivity index (χ1) is 9.62. The Balaban J connectivity index is 2.80. The smallest absolute Gasteiger partial charge is 0.246 e. The molecule has 0 saturated carbocycles. The van der Waals surface area contributed by atoms with Crippen molar-refractivity contribution in [3.8, 4) is 0 Å². The lowest BCUT2D eigenvalue weighted by Gasteiger charge is -2.29. The first kappa shape index (κ1) is 16.2. The van der Waals surface area contributed by atoms with Crippen LogP contribution in [-0.2, 0) is 4.79 Å². The lowest BCUT2D eigenvalue weighted by molar-refractivity contribution is -0.128. The minimum atomic E-state index is -0.0739. The summed E-state index contributed by atoms with van der Waals surface area (Å²) in [6.45, 7) is 4.45. The van der Waals surface area contributed by atoms with Crippen LogP contribution in [0.25, 0.3) is 6.08 Å². The lowest BCUT2D eigenvalue weighted by Crippen LogP contribution is -2.40. The number of nitrogen functional groups attached to an aromatic ring is 1. The van der Waals surface area contributed by atoms with Crippen molar-refractivity contribution in [3.63, 3.8) is 0 Å². The molecule has 0 aliphatic rings. The van der Waals surface area contributed by atoms with Gasteiger partial charge in [0.25, 0.3) is 0 Å². The van der Waals surface area contributed by atoms with E-state index in [0.717, 1.165) is 18.4 Å². The molecule has 3 N–H and O–H groups in total. The van der Waals surface area contributed by atoms with Gasteiger partial charge in [-0.25, -0.2) is 0 Å². The summed E-state index contributed by atoms with van der Waals surface area (Å²) in [5.41, 5.74) is 7.27. The molecule has 1 aromatic rings. The van der Waals surface area contributed by atoms with Crippen molar-refractivity contribution in [2.24, 2.45) is 0 Å². The number of nitrogens with zero attached hydrogens (tertiary/aromatic N) is 1. The summed E-state index contributed by atoms with van der Waals surface area (Å²) >= 11 is 0. The van der Waals surface area contributed by atoms with Gasteiger partial charge in [-0.05, 0) is 36.6 Å². The lowest BCUT2D eigenvalue weighted by atomic mass is 10.1. The highest BCUT2D eigenvalue weighted by molar-refractivity contribution is 5.92. The highest BCUT2D eigenvalue weighted by Gasteiger charge is 2.18. The number of benzene rings is 1. The largest absolute Gasteiger partial charge is 0.399 e. The fraction of sp³-hybridized carbons (Fsp3) is 0.438. The van der Waals surface area contributed by atoms with E-state index in [2.05, 4.69) is 0 Å². The van der Waals surface area contributed by atoms with E-state index in [9.17, 15) is 4.79 Å². The molecule has 1 rings (SSSR count). The molecular formula is C16H24N2O2. The molecule has 0 unspecified atom stereocenters. The zero-order valence-electron chi connectivity index (χ0n) is 12.2. The number of aliphatic hydroxyl groups is 1. The zero-order valence-corrected chi connectivity index (χ0v) is 12.2. The number of hydrogen-bond acceptors (Lipinski definition) is 3. The number of hydrogen-bond donors (Lipinski definition) is 2. The third kappa shape index (κ3) is 4.70. The summed E-state index contributed by atoms with van der Waals surface area (Å²) in [6.07, 6.45) is 5.07. The minimum absolute atomic E-state index is 0.0195. The van der Waals surface area contributed by atoms with Crippen LogP contribution < -0.4 is 5.73 Å². The van der Waals surface area contributed by atoms with Gasteiger partial charge in [-0.1, -0.05) is 26.0 Å². The molecule has 0 bridgehead atoms. The fourth-order valence-corrected chi connectivity index (χ4v) is 2.24. The van der Waals surface area contributed by atoms with Gasteiger partial charge in [0.15, 0.2) is 0 Å². The van der Waals surface area contributed by atoms with Crippen LogP contribution in [-0.4, -0.2) is 35.1 Å². The Labute approximate surface area is 120 Å². The predicted molar refractivity (Wildman–Crippen MR) is 83.1 cm³/mol. The van der Waals surface area contributed by atoms with Crippen molar-refractivity contribution in [2.45, 2.75) is 32.7 Å². The van der Waals surface area contributed by atoms with Gasteiger partial charge in [-0.3, -0.25) is 4.79 Å². The van der Waals surface area contributed by atoms with E-state index in [1.807, 2.05) is 32.0 Å². The second-order valence-electron chi connectivity index (χ2n) is 4.73. The summed E-state index contributed by atoms with van der Waals surface area (Å²) in [7, 11) is 0. The monoisotopic (exact) mass is 276 g/mol. The van der Waals surface area contributed by atoms with Gasteiger partial charge in [-0.2, -0.15) is 0 Å². The van der Waals surface area contributed by atoms with Crippen molar-refractivity contribution in [2.75, 3.05) is 18.9 Å². The Hall–Kier alpha value is -1.81. The summed E-state index contributed by atoms with van der Waals surface area (Å²) in [6, 6.07) is 7.54. The van der Waals surface area contributed by atoms with E-state index in [-0.39, 0.29) is 18.6 Å². The van der Waals surface area contributed by atoms with Crippen molar-refractivity contribution < 1.29 is 9.90 Å². The van der Waals surface area contributed by atoms with E-state index in [1.54, 1.807) is 23.1 Å². The first-order valence-corrected chi connectivity index (χ1v) is 7.07. The average Bonchev–Trinajstić information content (AvgIpc) is 2.45. The van der Waals surface area contributed by atoms with E-state index in [4.69, 9.17) is 10.8 Å². The second kappa shape index (κ2) is 8.38. The van der Waals surface area contributed by atoms with Crippen LogP contribution in [0.5, 0.6) is 0 Å². The zero-order chi connectivity index (χ0) is 15.0. The molecule has 0 aromatic heterocycles. The van der Waals surface area contributed by atoms with Gasteiger partial charge in [0.1, 0.15) is 0 Å². The van der Waals surface area contributed by atoms with Crippen molar-refractivity contribution >= 4 is 17.7 Å². The Morgan fingerprint density at radius 2 is 2.10 bits per heavy atom. The molecular weight excluding hydrogens is 252 g/mol. The highest BCUT2D eigenvalue weighted by atomic mass is 16.3. The number of nitrogens with two attached hydrogens (primary N) is 1. The number of carbonyl (C=O) groups is 1. The van der Waals surface area contributed by atoms with E-state index in [0.29, 0.717) is 12.2 Å². The molecule has 0 radical (unpaired) electrons. The number of rotatable bonds is 7. The maximum Gasteiger partial charge on any atom is 0.246 e. The average molecular weight is 276 g/mol. The van der Waals surface area contributed by atoms with Gasteiger partial charge in [0.05, 0.1) is 6.61 Å². The predicted octanol–water partition coefficient (Wildman–Crippen LogP) is 2.29. The van der Waals surface area contributed by atoms with E-state index < -0.39 is 0 Å². The molecule has 1 amide bonds. The maximum absolute atomic E-state index is 12.2. The molecule has 1 aromatic carbocycles. The van der Waals surface area contributed by atoms with E-state index >= 15 is 0 Å². The van der Waals surface area contributed by atoms with Crippen molar-refractivity contribution in [3.05, 3.63) is 35.9 Å².